The van der Waals surface area contributed by atoms with Crippen LogP contribution in [0.2, 0.25) is 0 Å². The third-order valence-electron chi connectivity index (χ3n) is 2.48. The Bertz CT molecular complexity index is 586. The van der Waals surface area contributed by atoms with Crippen molar-refractivity contribution in [1.29, 1.82) is 0 Å². The fourth-order valence-corrected chi connectivity index (χ4v) is 1.65. The molecule has 6 nitrogen and oxygen atoms in total. The average Bonchev–Trinajstić information content (AvgIpc) is 2.68. The maximum atomic E-state index is 11.6. The Balaban J connectivity index is 2.58. The van der Waals surface area contributed by atoms with Crippen LogP contribution in [0.4, 0.5) is 5.82 Å². The zero-order valence-electron chi connectivity index (χ0n) is 9.53. The number of benzene rings is 1. The lowest BCUT2D eigenvalue weighted by molar-refractivity contribution is 0.355. The summed E-state index contributed by atoms with van der Waals surface area (Å²) in [5, 5.41) is 4.99. The van der Waals surface area contributed by atoms with E-state index in [-0.39, 0.29) is 5.56 Å². The van der Waals surface area contributed by atoms with Gasteiger partial charge in [-0.3, -0.25) is 15.0 Å². The van der Waals surface area contributed by atoms with Gasteiger partial charge in [-0.05, 0) is 17.7 Å². The van der Waals surface area contributed by atoms with Crippen LogP contribution in [0.15, 0.2) is 23.0 Å². The van der Waals surface area contributed by atoms with Gasteiger partial charge in [-0.1, -0.05) is 6.07 Å². The lowest BCUT2D eigenvalue weighted by Crippen LogP contribution is -2.02. The van der Waals surface area contributed by atoms with Crippen LogP contribution in [0.3, 0.4) is 0 Å². The summed E-state index contributed by atoms with van der Waals surface area (Å²) in [6.07, 6.45) is 0. The highest BCUT2D eigenvalue weighted by Crippen LogP contribution is 2.32. The van der Waals surface area contributed by atoms with Gasteiger partial charge in [0.1, 0.15) is 5.82 Å². The van der Waals surface area contributed by atoms with Gasteiger partial charge in [-0.25, -0.2) is 0 Å². The first-order valence-corrected chi connectivity index (χ1v) is 4.96. The van der Waals surface area contributed by atoms with E-state index in [1.165, 1.54) is 7.11 Å². The monoisotopic (exact) mass is 235 g/mol. The van der Waals surface area contributed by atoms with Crippen molar-refractivity contribution in [3.63, 3.8) is 0 Å². The number of anilines is 1. The van der Waals surface area contributed by atoms with Crippen LogP contribution in [0, 0.1) is 0 Å². The number of nitrogen functional groups attached to an aromatic ring is 1. The Morgan fingerprint density at radius 2 is 1.82 bits per heavy atom. The summed E-state index contributed by atoms with van der Waals surface area (Å²) in [5.41, 5.74) is 6.47. The Labute approximate surface area is 97.3 Å². The number of aromatic amines is 2. The van der Waals surface area contributed by atoms with Crippen LogP contribution in [0.1, 0.15) is 0 Å². The number of nitrogens with one attached hydrogen (secondary N) is 2. The van der Waals surface area contributed by atoms with Crippen molar-refractivity contribution in [1.82, 2.24) is 10.2 Å². The SMILES string of the molecule is COc1ccc(-c2c(N)[nH][nH]c2=O)cc1OC. The van der Waals surface area contributed by atoms with Gasteiger partial charge in [-0.2, -0.15) is 0 Å². The largest absolute Gasteiger partial charge is 0.493 e. The van der Waals surface area contributed by atoms with E-state index in [4.69, 9.17) is 15.2 Å². The maximum absolute atomic E-state index is 11.6. The minimum atomic E-state index is -0.269. The molecule has 17 heavy (non-hydrogen) atoms. The van der Waals surface area contributed by atoms with Gasteiger partial charge in [0, 0.05) is 0 Å². The first kappa shape index (κ1) is 11.1. The molecule has 0 fully saturated rings. The summed E-state index contributed by atoms with van der Waals surface area (Å²) in [6, 6.07) is 5.17. The van der Waals surface area contributed by atoms with Gasteiger partial charge < -0.3 is 15.2 Å². The van der Waals surface area contributed by atoms with Crippen molar-refractivity contribution in [2.45, 2.75) is 0 Å². The molecule has 2 rings (SSSR count). The van der Waals surface area contributed by atoms with Crippen LogP contribution in [-0.4, -0.2) is 24.4 Å². The van der Waals surface area contributed by atoms with Gasteiger partial charge >= 0.3 is 0 Å². The first-order valence-electron chi connectivity index (χ1n) is 4.96. The van der Waals surface area contributed by atoms with Gasteiger partial charge in [-0.15, -0.1) is 0 Å². The Kier molecular flexibility index (Phi) is 2.78. The molecular formula is C11H13N3O3. The number of aromatic nitrogens is 2. The second kappa shape index (κ2) is 4.25. The summed E-state index contributed by atoms with van der Waals surface area (Å²) in [4.78, 5) is 11.6. The third kappa shape index (κ3) is 1.84. The first-order chi connectivity index (χ1) is 8.17. The number of H-pyrrole nitrogens is 2. The van der Waals surface area contributed by atoms with E-state index in [1.807, 2.05) is 0 Å². The summed E-state index contributed by atoms with van der Waals surface area (Å²) in [6.45, 7) is 0. The molecule has 0 radical (unpaired) electrons. The topological polar surface area (TPSA) is 93.1 Å². The Morgan fingerprint density at radius 1 is 1.12 bits per heavy atom. The standard InChI is InChI=1S/C11H13N3O3/c1-16-7-4-3-6(5-8(7)17-2)9-10(12)13-14-11(9)15/h3-5H,1-2H3,(H4,12,13,14,15). The fraction of sp³-hybridized carbons (Fsp3) is 0.182. The molecule has 0 saturated carbocycles. The second-order valence-corrected chi connectivity index (χ2v) is 3.44. The highest BCUT2D eigenvalue weighted by Gasteiger charge is 2.12. The van der Waals surface area contributed by atoms with Crippen LogP contribution in [0.5, 0.6) is 11.5 Å². The number of hydrogen-bond donors (Lipinski definition) is 3. The van der Waals surface area contributed by atoms with E-state index >= 15 is 0 Å². The van der Waals surface area contributed by atoms with Gasteiger partial charge in [0.25, 0.3) is 5.56 Å². The molecule has 90 valence electrons. The Morgan fingerprint density at radius 3 is 2.35 bits per heavy atom. The molecule has 0 unspecified atom stereocenters. The average molecular weight is 235 g/mol. The zero-order valence-corrected chi connectivity index (χ0v) is 9.53. The highest BCUT2D eigenvalue weighted by atomic mass is 16.5. The van der Waals surface area contributed by atoms with E-state index in [0.717, 1.165) is 0 Å². The van der Waals surface area contributed by atoms with Crippen molar-refractivity contribution in [3.05, 3.63) is 28.6 Å². The molecule has 0 aliphatic rings. The van der Waals surface area contributed by atoms with Crippen molar-refractivity contribution in [3.8, 4) is 22.6 Å². The lowest BCUT2D eigenvalue weighted by Gasteiger charge is -2.08. The third-order valence-corrected chi connectivity index (χ3v) is 2.48. The molecule has 2 aromatic rings. The summed E-state index contributed by atoms with van der Waals surface area (Å²) in [7, 11) is 3.08. The van der Waals surface area contributed by atoms with Gasteiger partial charge in [0.15, 0.2) is 11.5 Å². The van der Waals surface area contributed by atoms with E-state index < -0.39 is 0 Å². The maximum Gasteiger partial charge on any atom is 0.273 e. The van der Waals surface area contributed by atoms with Crippen LogP contribution in [-0.2, 0) is 0 Å². The summed E-state index contributed by atoms with van der Waals surface area (Å²) >= 11 is 0. The molecule has 0 atom stereocenters. The van der Waals surface area contributed by atoms with E-state index in [2.05, 4.69) is 10.2 Å². The van der Waals surface area contributed by atoms with Crippen LogP contribution >= 0.6 is 0 Å². The Hall–Kier alpha value is -2.37. The molecule has 0 aliphatic carbocycles. The van der Waals surface area contributed by atoms with Crippen molar-refractivity contribution >= 4 is 5.82 Å². The number of nitrogens with two attached hydrogens (primary N) is 1. The molecule has 4 N–H and O–H groups in total. The minimum absolute atomic E-state index is 0.269. The van der Waals surface area contributed by atoms with Crippen molar-refractivity contribution in [2.75, 3.05) is 20.0 Å². The molecule has 0 spiro atoms. The molecule has 0 bridgehead atoms. The van der Waals surface area contributed by atoms with Crippen LogP contribution < -0.4 is 20.8 Å². The predicted molar refractivity (Wildman–Crippen MR) is 64.4 cm³/mol. The zero-order chi connectivity index (χ0) is 12.4. The number of rotatable bonds is 3. The molecule has 1 heterocycles. The number of hydrogen-bond acceptors (Lipinski definition) is 4. The second-order valence-electron chi connectivity index (χ2n) is 3.44. The fourth-order valence-electron chi connectivity index (χ4n) is 1.65. The number of ether oxygens (including phenoxy) is 2. The summed E-state index contributed by atoms with van der Waals surface area (Å²) < 4.78 is 10.3. The van der Waals surface area contributed by atoms with Gasteiger partial charge in [0.05, 0.1) is 19.8 Å². The smallest absolute Gasteiger partial charge is 0.273 e. The predicted octanol–water partition coefficient (Wildman–Crippen LogP) is 0.969. The molecule has 6 heteroatoms. The highest BCUT2D eigenvalue weighted by molar-refractivity contribution is 5.74. The summed E-state index contributed by atoms with van der Waals surface area (Å²) in [5.74, 6) is 1.44. The molecule has 0 aliphatic heterocycles. The molecule has 0 amide bonds. The molecular weight excluding hydrogens is 222 g/mol. The molecule has 1 aromatic heterocycles. The normalized spacial score (nSPS) is 10.2. The number of methoxy groups -OCH3 is 2. The van der Waals surface area contributed by atoms with E-state index in [9.17, 15) is 4.79 Å². The van der Waals surface area contributed by atoms with E-state index in [1.54, 1.807) is 25.3 Å². The van der Waals surface area contributed by atoms with Crippen LogP contribution in [0.25, 0.3) is 11.1 Å². The van der Waals surface area contributed by atoms with Crippen molar-refractivity contribution < 1.29 is 9.47 Å². The lowest BCUT2D eigenvalue weighted by atomic mass is 10.1. The van der Waals surface area contributed by atoms with Gasteiger partial charge in [0.2, 0.25) is 0 Å². The molecule has 0 saturated heterocycles. The minimum Gasteiger partial charge on any atom is -0.493 e. The molecule has 1 aromatic carbocycles. The van der Waals surface area contributed by atoms with Crippen molar-refractivity contribution in [2.24, 2.45) is 0 Å². The van der Waals surface area contributed by atoms with E-state index in [0.29, 0.717) is 28.4 Å². The quantitative estimate of drug-likeness (QED) is 0.739.